The molecule has 0 aliphatic carbocycles. The molecule has 5 nitrogen and oxygen atoms in total. The zero-order valence-electron chi connectivity index (χ0n) is 16.3. The fourth-order valence-corrected chi connectivity index (χ4v) is 3.89. The summed E-state index contributed by atoms with van der Waals surface area (Å²) in [6.45, 7) is 4.13. The maximum atomic E-state index is 11.6. The van der Waals surface area contributed by atoms with Gasteiger partial charge in [0.1, 0.15) is 0 Å². The van der Waals surface area contributed by atoms with Gasteiger partial charge in [-0.3, -0.25) is 5.01 Å². The highest BCUT2D eigenvalue weighted by atomic mass is 32.2. The molecule has 1 aliphatic heterocycles. The number of aryl methyl sites for hydroxylation is 2. The zero-order valence-corrected chi connectivity index (χ0v) is 17.1. The molecule has 4 rings (SSSR count). The highest BCUT2D eigenvalue weighted by Gasteiger charge is 2.26. The second-order valence-electron chi connectivity index (χ2n) is 7.31. The van der Waals surface area contributed by atoms with Gasteiger partial charge in [0.25, 0.3) is 0 Å². The van der Waals surface area contributed by atoms with Crippen LogP contribution in [0.5, 0.6) is 0 Å². The Morgan fingerprint density at radius 2 is 1.38 bits per heavy atom. The average molecular weight is 406 g/mol. The Morgan fingerprint density at radius 3 is 1.93 bits per heavy atom. The average Bonchev–Trinajstić information content (AvgIpc) is 3.14. The topological polar surface area (TPSA) is 75.4 Å². The molecule has 0 saturated carbocycles. The van der Waals surface area contributed by atoms with E-state index in [4.69, 9.17) is 5.14 Å². The summed E-state index contributed by atoms with van der Waals surface area (Å²) < 4.78 is 23.2. The van der Waals surface area contributed by atoms with E-state index < -0.39 is 10.0 Å². The minimum absolute atomic E-state index is 0.00446. The molecule has 0 amide bonds. The number of hydrazine groups is 1. The van der Waals surface area contributed by atoms with Gasteiger partial charge < -0.3 is 0 Å². The molecule has 3 aromatic carbocycles. The van der Waals surface area contributed by atoms with Crippen molar-refractivity contribution in [3.8, 4) is 0 Å². The molecule has 148 valence electrons. The van der Waals surface area contributed by atoms with Crippen molar-refractivity contribution < 1.29 is 8.42 Å². The SMILES string of the molecule is Cc1ccc(C2=CC(c3ccc(C)cc3)NN2c2ccc(S(N)(=O)=O)cc2)cc1. The van der Waals surface area contributed by atoms with Crippen molar-refractivity contribution in [3.63, 3.8) is 0 Å². The van der Waals surface area contributed by atoms with Crippen molar-refractivity contribution in [2.24, 2.45) is 5.14 Å². The Hall–Kier alpha value is -2.93. The maximum absolute atomic E-state index is 11.6. The third-order valence-electron chi connectivity index (χ3n) is 5.04. The van der Waals surface area contributed by atoms with Crippen molar-refractivity contribution >= 4 is 21.4 Å². The van der Waals surface area contributed by atoms with Crippen LogP contribution in [0, 0.1) is 13.8 Å². The number of rotatable bonds is 4. The van der Waals surface area contributed by atoms with Crippen molar-refractivity contribution in [3.05, 3.63) is 101 Å². The van der Waals surface area contributed by atoms with Crippen molar-refractivity contribution in [1.29, 1.82) is 0 Å². The van der Waals surface area contributed by atoms with E-state index in [1.165, 1.54) is 23.3 Å². The summed E-state index contributed by atoms with van der Waals surface area (Å²) in [5.41, 5.74) is 10.0. The lowest BCUT2D eigenvalue weighted by Gasteiger charge is -2.25. The first-order chi connectivity index (χ1) is 13.8. The monoisotopic (exact) mass is 405 g/mol. The van der Waals surface area contributed by atoms with Gasteiger partial charge >= 0.3 is 0 Å². The van der Waals surface area contributed by atoms with E-state index in [1.54, 1.807) is 12.1 Å². The van der Waals surface area contributed by atoms with Gasteiger partial charge in [0.15, 0.2) is 0 Å². The highest BCUT2D eigenvalue weighted by Crippen LogP contribution is 2.34. The van der Waals surface area contributed by atoms with E-state index in [0.717, 1.165) is 22.5 Å². The molecule has 0 fully saturated rings. The predicted molar refractivity (Wildman–Crippen MR) is 117 cm³/mol. The first kappa shape index (κ1) is 19.4. The molecular weight excluding hydrogens is 382 g/mol. The Kier molecular flexibility index (Phi) is 5.00. The summed E-state index contributed by atoms with van der Waals surface area (Å²) in [7, 11) is -3.72. The van der Waals surface area contributed by atoms with Gasteiger partial charge in [-0.15, -0.1) is 0 Å². The van der Waals surface area contributed by atoms with Gasteiger partial charge in [-0.05, 0) is 55.3 Å². The maximum Gasteiger partial charge on any atom is 0.238 e. The van der Waals surface area contributed by atoms with Crippen molar-refractivity contribution in [2.75, 3.05) is 5.01 Å². The summed E-state index contributed by atoms with van der Waals surface area (Å²) in [5.74, 6) is 0. The number of hydrogen-bond donors (Lipinski definition) is 2. The van der Waals surface area contributed by atoms with Crippen molar-refractivity contribution in [1.82, 2.24) is 5.43 Å². The molecule has 0 aromatic heterocycles. The summed E-state index contributed by atoms with van der Waals surface area (Å²) in [4.78, 5) is 0.0939. The van der Waals surface area contributed by atoms with Crippen LogP contribution in [-0.4, -0.2) is 8.42 Å². The van der Waals surface area contributed by atoms with E-state index in [0.29, 0.717) is 0 Å². The smallest absolute Gasteiger partial charge is 0.238 e. The minimum atomic E-state index is -3.72. The van der Waals surface area contributed by atoms with Gasteiger partial charge in [0, 0.05) is 0 Å². The lowest BCUT2D eigenvalue weighted by Crippen LogP contribution is -2.33. The number of nitrogens with one attached hydrogen (secondary N) is 1. The largest absolute Gasteiger partial charge is 0.276 e. The second kappa shape index (κ2) is 7.48. The molecule has 29 heavy (non-hydrogen) atoms. The van der Waals surface area contributed by atoms with E-state index in [1.807, 2.05) is 5.01 Å². The van der Waals surface area contributed by atoms with Crippen molar-refractivity contribution in [2.45, 2.75) is 24.8 Å². The molecule has 6 heteroatoms. The fraction of sp³-hybridized carbons (Fsp3) is 0.130. The molecule has 1 unspecified atom stereocenters. The Balaban J connectivity index is 1.74. The number of primary sulfonamides is 1. The summed E-state index contributed by atoms with van der Waals surface area (Å²) in [5, 5.41) is 7.22. The molecule has 0 bridgehead atoms. The van der Waals surface area contributed by atoms with E-state index in [9.17, 15) is 8.42 Å². The second-order valence-corrected chi connectivity index (χ2v) is 8.87. The quantitative estimate of drug-likeness (QED) is 0.686. The molecule has 0 saturated heterocycles. The lowest BCUT2D eigenvalue weighted by molar-refractivity contribution is 0.597. The first-order valence-electron chi connectivity index (χ1n) is 9.36. The van der Waals surface area contributed by atoms with Crippen LogP contribution in [0.2, 0.25) is 0 Å². The van der Waals surface area contributed by atoms with Gasteiger partial charge in [-0.2, -0.15) is 0 Å². The molecule has 1 aliphatic rings. The fourth-order valence-electron chi connectivity index (χ4n) is 3.37. The highest BCUT2D eigenvalue weighted by molar-refractivity contribution is 7.89. The zero-order chi connectivity index (χ0) is 20.6. The van der Waals surface area contributed by atoms with E-state index in [2.05, 4.69) is 73.9 Å². The Morgan fingerprint density at radius 1 is 0.828 bits per heavy atom. The number of hydrogen-bond acceptors (Lipinski definition) is 4. The molecule has 1 heterocycles. The van der Waals surface area contributed by atoms with Crippen LogP contribution in [0.3, 0.4) is 0 Å². The minimum Gasteiger partial charge on any atom is -0.276 e. The van der Waals surface area contributed by atoms with Crippen LogP contribution >= 0.6 is 0 Å². The van der Waals surface area contributed by atoms with Crippen LogP contribution in [0.25, 0.3) is 5.70 Å². The first-order valence-corrected chi connectivity index (χ1v) is 10.9. The van der Waals surface area contributed by atoms with Crippen LogP contribution in [-0.2, 0) is 10.0 Å². The standard InChI is InChI=1S/C23H23N3O2S/c1-16-3-7-18(8-4-16)22-15-23(19-9-5-17(2)6-10-19)26(25-22)20-11-13-21(14-12-20)29(24,27)28/h3-15,22,25H,1-2H3,(H2,24,27,28). The number of nitrogens with two attached hydrogens (primary N) is 1. The van der Waals surface area contributed by atoms with Gasteiger partial charge in [-0.1, -0.05) is 59.7 Å². The van der Waals surface area contributed by atoms with E-state index >= 15 is 0 Å². The number of sulfonamides is 1. The molecule has 0 radical (unpaired) electrons. The normalized spacial score (nSPS) is 16.7. The van der Waals surface area contributed by atoms with E-state index in [-0.39, 0.29) is 10.9 Å². The Bertz CT molecular complexity index is 1150. The third kappa shape index (κ3) is 4.10. The van der Waals surface area contributed by atoms with Gasteiger partial charge in [0.05, 0.1) is 22.3 Å². The van der Waals surface area contributed by atoms with Crippen LogP contribution in [0.4, 0.5) is 5.69 Å². The predicted octanol–water partition coefficient (Wildman–Crippen LogP) is 4.06. The molecule has 3 aromatic rings. The van der Waals surface area contributed by atoms with Crippen LogP contribution in [0.15, 0.2) is 83.8 Å². The number of benzene rings is 3. The van der Waals surface area contributed by atoms with Crippen LogP contribution in [0.1, 0.15) is 28.3 Å². The summed E-state index contributed by atoms with van der Waals surface area (Å²) in [6.07, 6.45) is 2.18. The number of anilines is 1. The molecular formula is C23H23N3O2S. The molecule has 1 atom stereocenters. The number of nitrogens with zero attached hydrogens (tertiary/aromatic N) is 1. The van der Waals surface area contributed by atoms with Gasteiger partial charge in [0.2, 0.25) is 10.0 Å². The lowest BCUT2D eigenvalue weighted by atomic mass is 10.0. The Labute approximate surface area is 171 Å². The summed E-state index contributed by atoms with van der Waals surface area (Å²) in [6, 6.07) is 23.3. The molecule has 3 N–H and O–H groups in total. The third-order valence-corrected chi connectivity index (χ3v) is 5.97. The molecule has 0 spiro atoms. The van der Waals surface area contributed by atoms with Crippen LogP contribution < -0.4 is 15.6 Å². The van der Waals surface area contributed by atoms with Gasteiger partial charge in [-0.25, -0.2) is 19.0 Å². The summed E-state index contributed by atoms with van der Waals surface area (Å²) >= 11 is 0.